The Labute approximate surface area is 574 Å². The number of pyridine rings is 1. The van der Waals surface area contributed by atoms with Crippen molar-refractivity contribution in [2.24, 2.45) is 0 Å². The summed E-state index contributed by atoms with van der Waals surface area (Å²) in [6.07, 6.45) is 7.42. The molecular weight excluding hydrogens is 1300 g/mol. The quantitative estimate of drug-likeness (QED) is 0.118. The summed E-state index contributed by atoms with van der Waals surface area (Å²) in [5, 5.41) is 1.99. The molecule has 460 valence electrons. The van der Waals surface area contributed by atoms with Crippen molar-refractivity contribution in [2.45, 2.75) is 131 Å². The monoisotopic (exact) mass is 1390 g/mol. The Balaban J connectivity index is 0.00000913. The number of aryl methyl sites for hydroxylation is 4. The Kier molecular flexibility index (Phi) is 11.5. The van der Waals surface area contributed by atoms with Crippen LogP contribution in [0.3, 0.4) is 0 Å². The van der Waals surface area contributed by atoms with Crippen LogP contribution in [0.5, 0.6) is 11.5 Å². The van der Waals surface area contributed by atoms with Gasteiger partial charge in [-0.2, -0.15) is 18.2 Å². The van der Waals surface area contributed by atoms with E-state index in [9.17, 15) is 8.22 Å². The van der Waals surface area contributed by atoms with Crippen LogP contribution in [0.25, 0.3) is 117 Å². The molecule has 4 heterocycles. The van der Waals surface area contributed by atoms with Crippen molar-refractivity contribution in [3.05, 3.63) is 257 Å². The number of ether oxygens (including phenoxy) is 1. The predicted molar refractivity (Wildman–Crippen MR) is 378 cm³/mol. The molecule has 1 aliphatic carbocycles. The summed E-state index contributed by atoms with van der Waals surface area (Å²) in [7, 11) is 0. The van der Waals surface area contributed by atoms with Gasteiger partial charge in [0.05, 0.1) is 16.7 Å². The topological polar surface area (TPSA) is 35.9 Å². The molecule has 0 spiro atoms. The molecule has 0 fully saturated rings. The average Bonchev–Trinajstić information content (AvgIpc) is 1.56. The van der Waals surface area contributed by atoms with E-state index >= 15 is 0 Å². The van der Waals surface area contributed by atoms with Crippen molar-refractivity contribution in [1.82, 2.24) is 14.1 Å². The van der Waals surface area contributed by atoms with Crippen molar-refractivity contribution in [3.63, 3.8) is 0 Å². The van der Waals surface area contributed by atoms with Gasteiger partial charge in [-0.1, -0.05) is 190 Å². The summed E-state index contributed by atoms with van der Waals surface area (Å²) < 4.78 is 124. The van der Waals surface area contributed by atoms with E-state index in [2.05, 4.69) is 171 Å². The number of hydrogen-bond acceptors (Lipinski definition) is 2. The van der Waals surface area contributed by atoms with Gasteiger partial charge in [0.2, 0.25) is 0 Å². The Morgan fingerprint density at radius 2 is 1.08 bits per heavy atom. The van der Waals surface area contributed by atoms with E-state index in [0.717, 1.165) is 96.1 Å². The maximum Gasteiger partial charge on any atom is 0.268 e. The van der Waals surface area contributed by atoms with Crippen LogP contribution in [0, 0.1) is 45.9 Å². The number of benzene rings is 10. The minimum absolute atomic E-state index is 0. The van der Waals surface area contributed by atoms with Crippen LogP contribution in [0.2, 0.25) is 0 Å². The standard InChI is InChI=1S/C86H78N4O.Pt/c1-52-22-19-23-53(2)79(52)58-43-71-69-50-74-73(85(11,12)39-40-86(74,13)14)49-68(69)64-28-15-16-29-65(64)70-42-57(56-32-34-59(35-33-56)83(5,6)7)45-77-82(70)89(81(71)72(44-58)80-54(3)24-20-25-55(80)4)51-88(77)61-26-21-27-62(47-61)91-63-36-37-67-66-30-17-18-31-75(66)90(76(67)48-63)78-46-60(38-41-87-78)84(8,9)10;/h15-38,41-46,49-50H,39-40H2,1-14H3;/q-2;/i1D3,2D3,3D3,4D3;. The van der Waals surface area contributed by atoms with E-state index < -0.39 is 32.8 Å². The molecule has 0 radical (unpaired) electrons. The first kappa shape index (κ1) is 47.9. The Bertz CT molecular complexity index is 5570. The molecule has 0 saturated carbocycles. The molecule has 15 rings (SSSR count). The van der Waals surface area contributed by atoms with Crippen LogP contribution in [0.4, 0.5) is 0 Å². The van der Waals surface area contributed by atoms with Crippen LogP contribution in [0.15, 0.2) is 194 Å². The van der Waals surface area contributed by atoms with E-state index in [1.165, 1.54) is 36.4 Å². The van der Waals surface area contributed by atoms with Crippen LogP contribution in [-0.2, 0) is 42.7 Å². The molecule has 2 aliphatic rings. The molecular formula is C86H78N4OPt-2. The second-order valence-electron chi connectivity index (χ2n) is 28.2. The van der Waals surface area contributed by atoms with E-state index in [-0.39, 0.29) is 81.8 Å². The van der Waals surface area contributed by atoms with Gasteiger partial charge in [-0.05, 0) is 227 Å². The molecule has 1 aliphatic heterocycles. The van der Waals surface area contributed by atoms with Gasteiger partial charge in [0.1, 0.15) is 5.82 Å². The molecule has 6 heteroatoms. The Morgan fingerprint density at radius 3 is 1.74 bits per heavy atom. The molecule has 0 atom stereocenters. The maximum absolute atomic E-state index is 9.36. The van der Waals surface area contributed by atoms with Gasteiger partial charge < -0.3 is 13.9 Å². The van der Waals surface area contributed by atoms with Crippen molar-refractivity contribution in [2.75, 3.05) is 0 Å². The number of hydrogen-bond donors (Lipinski definition) is 0. The first-order chi connectivity index (χ1) is 48.3. The van der Waals surface area contributed by atoms with Gasteiger partial charge in [0.25, 0.3) is 6.33 Å². The van der Waals surface area contributed by atoms with Gasteiger partial charge >= 0.3 is 0 Å². The molecule has 0 bridgehead atoms. The predicted octanol–water partition coefficient (Wildman–Crippen LogP) is 22.1. The number of imidazole rings is 1. The van der Waals surface area contributed by atoms with Gasteiger partial charge in [0, 0.05) is 60.7 Å². The molecule has 0 amide bonds. The Hall–Kier alpha value is -8.89. The number of rotatable bonds is 7. The smallest absolute Gasteiger partial charge is 0.268 e. The van der Waals surface area contributed by atoms with Crippen molar-refractivity contribution >= 4 is 32.8 Å². The third kappa shape index (κ3) is 10.1. The number of aromatic nitrogens is 4. The van der Waals surface area contributed by atoms with Crippen LogP contribution >= 0.6 is 0 Å². The fraction of sp³-hybridized carbons (Fsp3) is 0.233. The maximum atomic E-state index is 9.36. The zero-order valence-electron chi connectivity index (χ0n) is 65.4. The summed E-state index contributed by atoms with van der Waals surface area (Å²) in [6.45, 7) is 10.4. The van der Waals surface area contributed by atoms with E-state index in [0.29, 0.717) is 45.0 Å². The summed E-state index contributed by atoms with van der Waals surface area (Å²) in [5.74, 6) is 1.49. The number of nitrogens with zero attached hydrogens (tertiary/aromatic N) is 4. The molecule has 13 aromatic rings. The van der Waals surface area contributed by atoms with Crippen molar-refractivity contribution in [1.29, 1.82) is 0 Å². The third-order valence-electron chi connectivity index (χ3n) is 19.3. The second-order valence-corrected chi connectivity index (χ2v) is 28.2. The molecule has 0 saturated heterocycles. The molecule has 5 nitrogen and oxygen atoms in total. The zero-order valence-corrected chi connectivity index (χ0v) is 55.7. The minimum Gasteiger partial charge on any atom is -0.510 e. The summed E-state index contributed by atoms with van der Waals surface area (Å²) in [5.41, 5.74) is 12.1. The van der Waals surface area contributed by atoms with E-state index in [1.54, 1.807) is 6.07 Å². The van der Waals surface area contributed by atoms with Gasteiger partial charge in [-0.25, -0.2) is 4.98 Å². The van der Waals surface area contributed by atoms with E-state index in [4.69, 9.17) is 17.9 Å². The minimum atomic E-state index is -2.95. The SMILES string of the molecule is [2H]C([2H])([2H])c1cccc(C([2H])([2H])[2H])c1-c1cc2c(c(-c3c(C([2H])([2H])[2H])cccc3C([2H])([2H])[2H])c1)-[n+]1[c-]n(-c3[c-]c(Oc4[c-]c5c(cc4)c4ccccc4n5-c4cc(C(C)(C)C)ccn4)ccc3)c3cc(-c4ccc(C(C)(C)C)cc4)cc(c31)-c1ccccc1-c1cc3c(cc1-2)C(C)(C)CCC3(C)C.[Pt]. The van der Waals surface area contributed by atoms with Gasteiger partial charge in [-0.3, -0.25) is 4.57 Å². The zero-order chi connectivity index (χ0) is 73.2. The first-order valence-electron chi connectivity index (χ1n) is 37.4. The van der Waals surface area contributed by atoms with Gasteiger partial charge in [-0.15, -0.1) is 29.7 Å². The molecule has 3 aromatic heterocycles. The first-order valence-corrected chi connectivity index (χ1v) is 31.4. The van der Waals surface area contributed by atoms with Crippen molar-refractivity contribution < 1.29 is 46.8 Å². The largest absolute Gasteiger partial charge is 0.510 e. The second kappa shape index (κ2) is 22.2. The summed E-state index contributed by atoms with van der Waals surface area (Å²) >= 11 is 0. The molecule has 92 heavy (non-hydrogen) atoms. The van der Waals surface area contributed by atoms with Crippen LogP contribution in [-0.4, -0.2) is 14.1 Å². The van der Waals surface area contributed by atoms with E-state index in [1.807, 2.05) is 82.1 Å². The van der Waals surface area contributed by atoms with Crippen LogP contribution in [0.1, 0.15) is 143 Å². The normalized spacial score (nSPS) is 16.5. The average molecular weight is 1390 g/mol. The van der Waals surface area contributed by atoms with Gasteiger partial charge in [0.15, 0.2) is 0 Å². The fourth-order valence-electron chi connectivity index (χ4n) is 14.2. The van der Waals surface area contributed by atoms with Crippen LogP contribution < -0.4 is 9.30 Å². The fourth-order valence-corrected chi connectivity index (χ4v) is 14.2. The number of fused-ring (bicyclic) bond motifs is 11. The molecule has 0 N–H and O–H groups in total. The van der Waals surface area contributed by atoms with Crippen molar-refractivity contribution in [3.8, 4) is 95.5 Å². The Morgan fingerprint density at radius 1 is 0.489 bits per heavy atom. The summed E-state index contributed by atoms with van der Waals surface area (Å²) in [4.78, 5) is 4.91. The molecule has 0 unspecified atom stereocenters. The summed E-state index contributed by atoms with van der Waals surface area (Å²) in [6, 6.07) is 66.7. The third-order valence-corrected chi connectivity index (χ3v) is 19.3. The molecule has 10 aromatic carbocycles. The number of para-hydroxylation sites is 1.